The molecule has 4 rings (SSSR count). The molecule has 0 saturated carbocycles. The second-order valence-corrected chi connectivity index (χ2v) is 7.95. The van der Waals surface area contributed by atoms with E-state index < -0.39 is 0 Å². The van der Waals surface area contributed by atoms with Gasteiger partial charge in [-0.25, -0.2) is 9.97 Å². The lowest BCUT2D eigenvalue weighted by atomic mass is 10.2. The van der Waals surface area contributed by atoms with Gasteiger partial charge in [0, 0.05) is 31.0 Å². The van der Waals surface area contributed by atoms with Gasteiger partial charge in [0.1, 0.15) is 22.6 Å². The molecule has 1 saturated heterocycles. The van der Waals surface area contributed by atoms with E-state index in [-0.39, 0.29) is 12.0 Å². The lowest BCUT2D eigenvalue weighted by Gasteiger charge is -2.13. The fourth-order valence-electron chi connectivity index (χ4n) is 3.54. The average Bonchev–Trinajstić information content (AvgIpc) is 3.39. The number of imidazole rings is 1. The topological polar surface area (TPSA) is 69.0 Å². The smallest absolute Gasteiger partial charge is 0.270 e. The molecule has 1 amide bonds. The first-order chi connectivity index (χ1) is 13.1. The zero-order valence-corrected chi connectivity index (χ0v) is 16.5. The second-order valence-electron chi connectivity index (χ2n) is 7.06. The van der Waals surface area contributed by atoms with E-state index in [1.165, 1.54) is 11.3 Å². The van der Waals surface area contributed by atoms with E-state index in [0.717, 1.165) is 41.3 Å². The number of hydrogen-bond donors (Lipinski definition) is 1. The molecule has 3 heterocycles. The number of thiazole rings is 1. The summed E-state index contributed by atoms with van der Waals surface area (Å²) in [4.78, 5) is 21.6. The Morgan fingerprint density at radius 3 is 3.00 bits per heavy atom. The summed E-state index contributed by atoms with van der Waals surface area (Å²) in [5.41, 5.74) is 2.60. The number of rotatable bonds is 6. The molecule has 1 aromatic carbocycles. The summed E-state index contributed by atoms with van der Waals surface area (Å²) in [5, 5.41) is 5.69. The molecule has 0 radical (unpaired) electrons. The third-order valence-electron chi connectivity index (χ3n) is 4.78. The maximum absolute atomic E-state index is 12.4. The van der Waals surface area contributed by atoms with Crippen molar-refractivity contribution in [2.75, 3.05) is 13.2 Å². The van der Waals surface area contributed by atoms with Gasteiger partial charge in [-0.1, -0.05) is 12.1 Å². The minimum absolute atomic E-state index is 0.0579. The summed E-state index contributed by atoms with van der Waals surface area (Å²) in [6.45, 7) is 5.61. The van der Waals surface area contributed by atoms with Crippen molar-refractivity contribution in [2.24, 2.45) is 0 Å². The number of carbonyl (C=O) groups is 1. The van der Waals surface area contributed by atoms with E-state index in [2.05, 4.69) is 34.8 Å². The molecule has 1 N–H and O–H groups in total. The minimum Gasteiger partial charge on any atom is -0.371 e. The number of nitrogens with zero attached hydrogens (tertiary/aromatic N) is 3. The van der Waals surface area contributed by atoms with Gasteiger partial charge in [0.05, 0.1) is 11.0 Å². The van der Waals surface area contributed by atoms with Crippen LogP contribution in [0.25, 0.3) is 11.0 Å². The Morgan fingerprint density at radius 2 is 2.22 bits per heavy atom. The summed E-state index contributed by atoms with van der Waals surface area (Å²) >= 11 is 1.50. The molecule has 3 aromatic rings. The van der Waals surface area contributed by atoms with E-state index in [1.54, 1.807) is 0 Å². The first-order valence-corrected chi connectivity index (χ1v) is 10.3. The SMILES string of the molecule is CC(C)n1c(CCNC(=O)c2csc(C3CCCO3)n2)nc2ccccc21. The van der Waals surface area contributed by atoms with Crippen LogP contribution in [0.15, 0.2) is 29.6 Å². The number of para-hydroxylation sites is 2. The number of aromatic nitrogens is 3. The Morgan fingerprint density at radius 1 is 1.37 bits per heavy atom. The van der Waals surface area contributed by atoms with Crippen LogP contribution in [-0.4, -0.2) is 33.6 Å². The maximum atomic E-state index is 12.4. The van der Waals surface area contributed by atoms with Gasteiger partial charge in [0.25, 0.3) is 5.91 Å². The first kappa shape index (κ1) is 18.1. The highest BCUT2D eigenvalue weighted by Gasteiger charge is 2.22. The van der Waals surface area contributed by atoms with Crippen molar-refractivity contribution >= 4 is 28.3 Å². The Hall–Kier alpha value is -2.25. The Kier molecular flexibility index (Phi) is 5.22. The van der Waals surface area contributed by atoms with Gasteiger partial charge < -0.3 is 14.6 Å². The summed E-state index contributed by atoms with van der Waals surface area (Å²) in [5.74, 6) is 0.854. The molecule has 1 atom stereocenters. The van der Waals surface area contributed by atoms with E-state index in [4.69, 9.17) is 9.72 Å². The molecule has 0 aliphatic carbocycles. The van der Waals surface area contributed by atoms with Crippen LogP contribution >= 0.6 is 11.3 Å². The predicted octanol–water partition coefficient (Wildman–Crippen LogP) is 3.90. The van der Waals surface area contributed by atoms with Crippen LogP contribution in [0.3, 0.4) is 0 Å². The number of carbonyl (C=O) groups excluding carboxylic acids is 1. The maximum Gasteiger partial charge on any atom is 0.270 e. The van der Waals surface area contributed by atoms with Crippen LogP contribution < -0.4 is 5.32 Å². The van der Waals surface area contributed by atoms with Crippen LogP contribution in [0, 0.1) is 0 Å². The monoisotopic (exact) mass is 384 g/mol. The van der Waals surface area contributed by atoms with E-state index in [9.17, 15) is 4.79 Å². The zero-order chi connectivity index (χ0) is 18.8. The highest BCUT2D eigenvalue weighted by Crippen LogP contribution is 2.30. The summed E-state index contributed by atoms with van der Waals surface area (Å²) in [6, 6.07) is 8.46. The van der Waals surface area contributed by atoms with Crippen molar-refractivity contribution in [1.29, 1.82) is 0 Å². The van der Waals surface area contributed by atoms with E-state index in [1.807, 2.05) is 23.6 Å². The van der Waals surface area contributed by atoms with Gasteiger partial charge in [0.2, 0.25) is 0 Å². The van der Waals surface area contributed by atoms with Crippen molar-refractivity contribution in [3.05, 3.63) is 46.2 Å². The van der Waals surface area contributed by atoms with Gasteiger partial charge in [-0.05, 0) is 38.8 Å². The van der Waals surface area contributed by atoms with Gasteiger partial charge in [-0.3, -0.25) is 4.79 Å². The molecule has 7 heteroatoms. The van der Waals surface area contributed by atoms with Crippen molar-refractivity contribution < 1.29 is 9.53 Å². The minimum atomic E-state index is -0.136. The van der Waals surface area contributed by atoms with Gasteiger partial charge in [0.15, 0.2) is 0 Å². The van der Waals surface area contributed by atoms with Crippen LogP contribution in [-0.2, 0) is 11.2 Å². The fourth-order valence-corrected chi connectivity index (χ4v) is 4.42. The van der Waals surface area contributed by atoms with Crippen molar-refractivity contribution in [2.45, 2.75) is 45.3 Å². The molecule has 0 spiro atoms. The van der Waals surface area contributed by atoms with Crippen LogP contribution in [0.4, 0.5) is 0 Å². The lowest BCUT2D eigenvalue weighted by molar-refractivity contribution is 0.0946. The van der Waals surface area contributed by atoms with Gasteiger partial charge in [-0.2, -0.15) is 0 Å². The van der Waals surface area contributed by atoms with E-state index >= 15 is 0 Å². The number of amides is 1. The molecular formula is C20H24N4O2S. The predicted molar refractivity (Wildman–Crippen MR) is 106 cm³/mol. The standard InChI is InChI=1S/C20H24N4O2S/c1-13(2)24-16-7-4-3-6-14(16)22-18(24)9-10-21-19(25)15-12-27-20(23-15)17-8-5-11-26-17/h3-4,6-7,12-13,17H,5,8-11H2,1-2H3,(H,21,25). The van der Waals surface area contributed by atoms with Crippen LogP contribution in [0.1, 0.15) is 60.2 Å². The Labute approximate surface area is 162 Å². The summed E-state index contributed by atoms with van der Waals surface area (Å²) in [6.07, 6.45) is 2.78. The Balaban J connectivity index is 1.40. The average molecular weight is 385 g/mol. The van der Waals surface area contributed by atoms with E-state index in [0.29, 0.717) is 24.7 Å². The highest BCUT2D eigenvalue weighted by atomic mass is 32.1. The lowest BCUT2D eigenvalue weighted by Crippen LogP contribution is -2.27. The molecule has 27 heavy (non-hydrogen) atoms. The number of hydrogen-bond acceptors (Lipinski definition) is 5. The third kappa shape index (κ3) is 3.75. The largest absolute Gasteiger partial charge is 0.371 e. The normalized spacial score (nSPS) is 17.1. The third-order valence-corrected chi connectivity index (χ3v) is 5.72. The second kappa shape index (κ2) is 7.78. The first-order valence-electron chi connectivity index (χ1n) is 9.44. The number of benzene rings is 1. The highest BCUT2D eigenvalue weighted by molar-refractivity contribution is 7.09. The summed E-state index contributed by atoms with van der Waals surface area (Å²) in [7, 11) is 0. The van der Waals surface area contributed by atoms with Crippen molar-refractivity contribution in [3.8, 4) is 0 Å². The molecule has 1 unspecified atom stereocenters. The Bertz CT molecular complexity index is 941. The molecule has 1 aliphatic heterocycles. The fraction of sp³-hybridized carbons (Fsp3) is 0.450. The number of ether oxygens (including phenoxy) is 1. The molecule has 2 aromatic heterocycles. The van der Waals surface area contributed by atoms with Gasteiger partial charge in [-0.15, -0.1) is 11.3 Å². The molecule has 1 aliphatic rings. The number of fused-ring (bicyclic) bond motifs is 1. The molecular weight excluding hydrogens is 360 g/mol. The molecule has 0 bridgehead atoms. The number of nitrogens with one attached hydrogen (secondary N) is 1. The molecule has 142 valence electrons. The zero-order valence-electron chi connectivity index (χ0n) is 15.6. The van der Waals surface area contributed by atoms with Gasteiger partial charge >= 0.3 is 0 Å². The van der Waals surface area contributed by atoms with Crippen LogP contribution in [0.2, 0.25) is 0 Å². The quantitative estimate of drug-likeness (QED) is 0.700. The van der Waals surface area contributed by atoms with Crippen LogP contribution in [0.5, 0.6) is 0 Å². The molecule has 1 fully saturated rings. The van der Waals surface area contributed by atoms with Crippen molar-refractivity contribution in [1.82, 2.24) is 19.9 Å². The molecule has 6 nitrogen and oxygen atoms in total. The van der Waals surface area contributed by atoms with Crippen molar-refractivity contribution in [3.63, 3.8) is 0 Å². The summed E-state index contributed by atoms with van der Waals surface area (Å²) < 4.78 is 7.88.